The van der Waals surface area contributed by atoms with Crippen molar-refractivity contribution in [3.8, 4) is 0 Å². The van der Waals surface area contributed by atoms with Gasteiger partial charge in [0.1, 0.15) is 6.17 Å². The second-order valence-electron chi connectivity index (χ2n) is 8.09. The molecule has 3 aromatic rings. The number of thiocarbonyl (C=S) groups is 1. The monoisotopic (exact) mass is 491 g/mol. The van der Waals surface area contributed by atoms with Gasteiger partial charge in [-0.25, -0.2) is 0 Å². The number of benzene rings is 2. The van der Waals surface area contributed by atoms with Gasteiger partial charge >= 0.3 is 5.97 Å². The van der Waals surface area contributed by atoms with Crippen molar-refractivity contribution in [3.63, 3.8) is 0 Å². The lowest BCUT2D eigenvalue weighted by molar-refractivity contribution is -0.148. The van der Waals surface area contributed by atoms with Crippen LogP contribution in [0.15, 0.2) is 72.9 Å². The molecule has 1 unspecified atom stereocenters. The number of anilines is 1. The van der Waals surface area contributed by atoms with Gasteiger partial charge in [-0.15, -0.1) is 0 Å². The molecular formula is C26H29N5O3S. The van der Waals surface area contributed by atoms with E-state index in [2.05, 4.69) is 15.6 Å². The fourth-order valence-electron chi connectivity index (χ4n) is 3.25. The molecule has 0 saturated heterocycles. The van der Waals surface area contributed by atoms with Crippen molar-refractivity contribution >= 4 is 51.9 Å². The first-order valence-corrected chi connectivity index (χ1v) is 11.5. The number of carbonyl (C=O) groups excluding carboxylic acids is 2. The Hall–Kier alpha value is -3.82. The van der Waals surface area contributed by atoms with Gasteiger partial charge in [-0.05, 0) is 57.0 Å². The minimum Gasteiger partial charge on any atom is -0.443 e. The van der Waals surface area contributed by atoms with E-state index in [-0.39, 0.29) is 24.3 Å². The van der Waals surface area contributed by atoms with E-state index in [1.807, 2.05) is 60.7 Å². The van der Waals surface area contributed by atoms with Crippen molar-refractivity contribution in [1.29, 1.82) is 0 Å². The summed E-state index contributed by atoms with van der Waals surface area (Å²) in [5.74, 6) is -0.710. The van der Waals surface area contributed by atoms with Gasteiger partial charge in [-0.1, -0.05) is 48.5 Å². The average Bonchev–Trinajstić information content (AvgIpc) is 2.83. The summed E-state index contributed by atoms with van der Waals surface area (Å²) in [5, 5.41) is 7.29. The molecule has 1 heterocycles. The molecule has 0 aliphatic heterocycles. The second kappa shape index (κ2) is 12.6. The predicted octanol–water partition coefficient (Wildman–Crippen LogP) is 3.47. The third-order valence-corrected chi connectivity index (χ3v) is 5.33. The molecule has 0 saturated carbocycles. The van der Waals surface area contributed by atoms with Crippen LogP contribution in [-0.2, 0) is 14.3 Å². The summed E-state index contributed by atoms with van der Waals surface area (Å²) in [4.78, 5) is 32.5. The van der Waals surface area contributed by atoms with Crippen LogP contribution in [0.1, 0.15) is 12.5 Å². The van der Waals surface area contributed by atoms with E-state index in [4.69, 9.17) is 17.0 Å². The minimum absolute atomic E-state index is 0.127. The molecule has 9 heteroatoms. The zero-order valence-corrected chi connectivity index (χ0v) is 20.8. The molecule has 0 radical (unpaired) electrons. The standard InChI is InChI=1S/C26H29N5O3S/c1-19(28-23(32)15-14-20-9-5-4-6-10-20)31(18-34-24(33)17-30(2)3)26(35)29-22-13-7-11-21-12-8-16-27-25(21)22/h4-16,19H,17-18H2,1-3H3,(H,28,32)(H,29,35)/b15-14+. The Balaban J connectivity index is 1.74. The first-order chi connectivity index (χ1) is 16.8. The summed E-state index contributed by atoms with van der Waals surface area (Å²) in [6.45, 7) is 1.76. The predicted molar refractivity (Wildman–Crippen MR) is 142 cm³/mol. The number of nitrogens with zero attached hydrogens (tertiary/aromatic N) is 3. The highest BCUT2D eigenvalue weighted by molar-refractivity contribution is 7.80. The van der Waals surface area contributed by atoms with Crippen molar-refractivity contribution < 1.29 is 14.3 Å². The summed E-state index contributed by atoms with van der Waals surface area (Å²) in [5.41, 5.74) is 2.37. The van der Waals surface area contributed by atoms with Crippen LogP contribution in [0.25, 0.3) is 17.0 Å². The van der Waals surface area contributed by atoms with Crippen LogP contribution in [0.5, 0.6) is 0 Å². The lowest BCUT2D eigenvalue weighted by Crippen LogP contribution is -2.51. The highest BCUT2D eigenvalue weighted by Crippen LogP contribution is 2.21. The van der Waals surface area contributed by atoms with Crippen molar-refractivity contribution in [2.45, 2.75) is 13.1 Å². The number of esters is 1. The van der Waals surface area contributed by atoms with Crippen molar-refractivity contribution in [2.24, 2.45) is 0 Å². The van der Waals surface area contributed by atoms with Crippen molar-refractivity contribution in [3.05, 3.63) is 78.5 Å². The number of rotatable bonds is 9. The Bertz CT molecular complexity index is 1190. The Labute approximate surface area is 210 Å². The summed E-state index contributed by atoms with van der Waals surface area (Å²) < 4.78 is 5.43. The Morgan fingerprint density at radius 1 is 1.09 bits per heavy atom. The average molecular weight is 492 g/mol. The molecule has 182 valence electrons. The quantitative estimate of drug-likeness (QED) is 0.204. The highest BCUT2D eigenvalue weighted by atomic mass is 32.1. The lowest BCUT2D eigenvalue weighted by Gasteiger charge is -2.31. The van der Waals surface area contributed by atoms with E-state index < -0.39 is 12.1 Å². The first kappa shape index (κ1) is 25.8. The minimum atomic E-state index is -0.571. The van der Waals surface area contributed by atoms with Gasteiger partial charge in [-0.3, -0.25) is 24.4 Å². The third kappa shape index (κ3) is 7.87. The number of amides is 1. The molecule has 35 heavy (non-hydrogen) atoms. The SMILES string of the molecule is CC(NC(=O)/C=C/c1ccccc1)N(COC(=O)CN(C)C)C(=S)Nc1cccc2cccnc12. The fraction of sp³-hybridized carbons (Fsp3) is 0.231. The summed E-state index contributed by atoms with van der Waals surface area (Å²) in [7, 11) is 3.56. The lowest BCUT2D eigenvalue weighted by atomic mass is 10.2. The van der Waals surface area contributed by atoms with Crippen LogP contribution in [0, 0.1) is 0 Å². The topological polar surface area (TPSA) is 86.8 Å². The molecule has 3 rings (SSSR count). The fourth-order valence-corrected chi connectivity index (χ4v) is 3.57. The molecule has 2 N–H and O–H groups in total. The number of hydrogen-bond donors (Lipinski definition) is 2. The van der Waals surface area contributed by atoms with Crippen LogP contribution >= 0.6 is 12.2 Å². The number of fused-ring (bicyclic) bond motifs is 1. The Kier molecular flexibility index (Phi) is 9.28. The highest BCUT2D eigenvalue weighted by Gasteiger charge is 2.21. The number of pyridine rings is 1. The molecule has 0 spiro atoms. The molecule has 1 atom stereocenters. The molecule has 1 amide bonds. The Morgan fingerprint density at radius 3 is 2.57 bits per heavy atom. The van der Waals surface area contributed by atoms with Crippen LogP contribution in [0.4, 0.5) is 5.69 Å². The third-order valence-electron chi connectivity index (χ3n) is 4.99. The molecule has 2 aromatic carbocycles. The van der Waals surface area contributed by atoms with E-state index >= 15 is 0 Å². The molecule has 8 nitrogen and oxygen atoms in total. The van der Waals surface area contributed by atoms with Gasteiger partial charge in [-0.2, -0.15) is 0 Å². The Morgan fingerprint density at radius 2 is 1.83 bits per heavy atom. The van der Waals surface area contributed by atoms with E-state index in [1.165, 1.54) is 6.08 Å². The van der Waals surface area contributed by atoms with Crippen LogP contribution in [-0.4, -0.2) is 65.3 Å². The first-order valence-electron chi connectivity index (χ1n) is 11.1. The second-order valence-corrected chi connectivity index (χ2v) is 8.48. The maximum atomic E-state index is 12.6. The van der Waals surface area contributed by atoms with Crippen LogP contribution in [0.2, 0.25) is 0 Å². The summed E-state index contributed by atoms with van der Waals surface area (Å²) >= 11 is 5.65. The van der Waals surface area contributed by atoms with Gasteiger partial charge < -0.3 is 15.4 Å². The molecular weight excluding hydrogens is 462 g/mol. The molecule has 0 fully saturated rings. The summed E-state index contributed by atoms with van der Waals surface area (Å²) in [6, 6.07) is 19.1. The maximum absolute atomic E-state index is 12.6. The zero-order valence-electron chi connectivity index (χ0n) is 20.0. The normalized spacial score (nSPS) is 11.9. The van der Waals surface area contributed by atoms with Crippen molar-refractivity contribution in [1.82, 2.24) is 20.1 Å². The number of carbonyl (C=O) groups is 2. The van der Waals surface area contributed by atoms with Crippen molar-refractivity contribution in [2.75, 3.05) is 32.7 Å². The van der Waals surface area contributed by atoms with Gasteiger partial charge in [0.25, 0.3) is 0 Å². The smallest absolute Gasteiger partial charge is 0.321 e. The largest absolute Gasteiger partial charge is 0.443 e. The molecule has 0 aliphatic rings. The van der Waals surface area contributed by atoms with E-state index in [9.17, 15) is 9.59 Å². The number of aromatic nitrogens is 1. The van der Waals surface area contributed by atoms with Crippen LogP contribution < -0.4 is 10.6 Å². The molecule has 0 aliphatic carbocycles. The number of hydrogen-bond acceptors (Lipinski definition) is 6. The van der Waals surface area contributed by atoms with Gasteiger partial charge in [0.15, 0.2) is 11.8 Å². The number of para-hydroxylation sites is 1. The van der Waals surface area contributed by atoms with E-state index in [1.54, 1.807) is 43.1 Å². The maximum Gasteiger partial charge on any atom is 0.321 e. The zero-order chi connectivity index (χ0) is 25.2. The van der Waals surface area contributed by atoms with Gasteiger partial charge in [0.2, 0.25) is 5.91 Å². The van der Waals surface area contributed by atoms with E-state index in [0.717, 1.165) is 16.5 Å². The van der Waals surface area contributed by atoms with Crippen LogP contribution in [0.3, 0.4) is 0 Å². The molecule has 0 bridgehead atoms. The van der Waals surface area contributed by atoms with Gasteiger partial charge in [0.05, 0.1) is 17.7 Å². The van der Waals surface area contributed by atoms with Gasteiger partial charge in [0, 0.05) is 17.7 Å². The number of likely N-dealkylation sites (N-methyl/N-ethyl adjacent to an activating group) is 1. The number of ether oxygens (including phenoxy) is 1. The molecule has 1 aromatic heterocycles. The summed E-state index contributed by atoms with van der Waals surface area (Å²) in [6.07, 6.45) is 4.31. The van der Waals surface area contributed by atoms with E-state index in [0.29, 0.717) is 5.69 Å². The number of nitrogens with one attached hydrogen (secondary N) is 2.